The summed E-state index contributed by atoms with van der Waals surface area (Å²) in [7, 11) is 0. The van der Waals surface area contributed by atoms with E-state index in [9.17, 15) is 9.59 Å². The molecule has 2 amide bonds. The summed E-state index contributed by atoms with van der Waals surface area (Å²) >= 11 is 0. The molecule has 0 aliphatic heterocycles. The van der Waals surface area contributed by atoms with Gasteiger partial charge in [-0.1, -0.05) is 0 Å². The van der Waals surface area contributed by atoms with E-state index < -0.39 is 0 Å². The first kappa shape index (κ1) is 4.94. The van der Waals surface area contributed by atoms with Gasteiger partial charge >= 0.3 is 12.8 Å². The topological polar surface area (TPSA) is 59.5 Å². The maximum Gasteiger partial charge on any atom is 0.371 e. The van der Waals surface area contributed by atoms with Crippen molar-refractivity contribution in [2.24, 2.45) is 0 Å². The normalized spacial score (nSPS) is 6.67. The summed E-state index contributed by atoms with van der Waals surface area (Å²) in [5.41, 5.74) is 7.76. The van der Waals surface area contributed by atoms with E-state index in [2.05, 4.69) is 0 Å². The second-order valence-electron chi connectivity index (χ2n) is 0.591. The quantitative estimate of drug-likeness (QED) is 0.254. The van der Waals surface area contributed by atoms with E-state index in [1.165, 1.54) is 0 Å². The van der Waals surface area contributed by atoms with Crippen molar-refractivity contribution in [1.29, 1.82) is 0 Å². The fraction of sp³-hybridized carbons (Fsp3) is 0. The lowest BCUT2D eigenvalue weighted by atomic mass is 11.2. The van der Waals surface area contributed by atoms with Gasteiger partial charge < -0.3 is 5.53 Å². The number of carbonyl (C=O) groups is 2. The summed E-state index contributed by atoms with van der Waals surface area (Å²) in [6, 6.07) is 0. The monoisotopic (exact) mass is 86.0 g/mol. The second kappa shape index (κ2) is 2.19. The maximum atomic E-state index is 9.18. The second-order valence-corrected chi connectivity index (χ2v) is 0.591. The number of hydrogen-bond acceptors (Lipinski definition) is 2. The molecule has 0 heterocycles. The van der Waals surface area contributed by atoms with Crippen LogP contribution in [0.2, 0.25) is 0 Å². The van der Waals surface area contributed by atoms with Crippen molar-refractivity contribution >= 4 is 12.8 Å². The van der Waals surface area contributed by atoms with Gasteiger partial charge in [0.1, 0.15) is 0 Å². The molecule has 0 aliphatic carbocycles. The van der Waals surface area contributed by atoms with Crippen LogP contribution < -0.4 is 0 Å². The van der Waals surface area contributed by atoms with Gasteiger partial charge in [-0.3, -0.25) is 0 Å². The van der Waals surface area contributed by atoms with Gasteiger partial charge in [-0.2, -0.15) is 4.70 Å². The average molecular weight is 86.0 g/mol. The number of amides is 2. The minimum Gasteiger partial charge on any atom is -0.489 e. The van der Waals surface area contributed by atoms with Crippen molar-refractivity contribution < 1.29 is 14.3 Å². The first-order valence-corrected chi connectivity index (χ1v) is 1.19. The molecule has 0 N–H and O–H groups in total. The zero-order chi connectivity index (χ0) is 4.99. The number of carbonyl (C=O) groups excluding carboxylic acids is 2. The summed E-state index contributed by atoms with van der Waals surface area (Å²) in [6.45, 7) is 0. The Morgan fingerprint density at radius 3 is 1.67 bits per heavy atom. The van der Waals surface area contributed by atoms with Crippen LogP contribution in [0.25, 0.3) is 5.53 Å². The largest absolute Gasteiger partial charge is 0.489 e. The highest BCUT2D eigenvalue weighted by molar-refractivity contribution is 5.50. The van der Waals surface area contributed by atoms with Crippen LogP contribution in [0.3, 0.4) is 0 Å². The predicted molar refractivity (Wildman–Crippen MR) is 15.7 cm³/mol. The molecule has 0 fully saturated rings. The van der Waals surface area contributed by atoms with E-state index >= 15 is 0 Å². The molecule has 0 atom stereocenters. The Kier molecular flexibility index (Phi) is 1.81. The summed E-state index contributed by atoms with van der Waals surface area (Å²) in [5, 5.41) is 0. The van der Waals surface area contributed by atoms with E-state index in [4.69, 9.17) is 5.53 Å². The summed E-state index contributed by atoms with van der Waals surface area (Å²) in [4.78, 5) is 18.4. The highest BCUT2D eigenvalue weighted by atomic mass is 16.2. The summed E-state index contributed by atoms with van der Waals surface area (Å²) in [6.07, 6.45) is -0.0139. The summed E-state index contributed by atoms with van der Waals surface area (Å²) < 4.78 is -0.111. The lowest BCUT2D eigenvalue weighted by Crippen LogP contribution is -1.97. The molecule has 0 bridgehead atoms. The fourth-order valence-corrected chi connectivity index (χ4v) is 0.0248. The van der Waals surface area contributed by atoms with Crippen LogP contribution in [-0.2, 0) is 9.59 Å². The Balaban J connectivity index is 3.52. The number of imide groups is 1. The molecule has 0 unspecified atom stereocenters. The first-order chi connectivity index (χ1) is 2.81. The zero-order valence-electron chi connectivity index (χ0n) is 2.87. The molecular weight excluding hydrogens is 84.0 g/mol. The van der Waals surface area contributed by atoms with E-state index in [0.29, 0.717) is 0 Å². The number of hydrogen-bond donors (Lipinski definition) is 0. The SMILES string of the molecule is [N-]=[N+](C=O)C=O. The Morgan fingerprint density at radius 1 is 1.33 bits per heavy atom. The van der Waals surface area contributed by atoms with Gasteiger partial charge in [0.25, 0.3) is 0 Å². The maximum absolute atomic E-state index is 9.18. The van der Waals surface area contributed by atoms with Crippen molar-refractivity contribution in [3.05, 3.63) is 5.53 Å². The van der Waals surface area contributed by atoms with Crippen LogP contribution in [0.1, 0.15) is 0 Å². The smallest absolute Gasteiger partial charge is 0.371 e. The first-order valence-electron chi connectivity index (χ1n) is 1.19. The predicted octanol–water partition coefficient (Wildman–Crippen LogP) is -0.667. The molecule has 0 aromatic carbocycles. The van der Waals surface area contributed by atoms with E-state index in [0.717, 1.165) is 0 Å². The van der Waals surface area contributed by atoms with Gasteiger partial charge in [0.05, 0.1) is 0 Å². The molecule has 4 nitrogen and oxygen atoms in total. The third-order valence-electron chi connectivity index (χ3n) is 0.216. The molecule has 0 radical (unpaired) electrons. The highest BCUT2D eigenvalue weighted by Gasteiger charge is 1.77. The lowest BCUT2D eigenvalue weighted by molar-refractivity contribution is -0.369. The van der Waals surface area contributed by atoms with E-state index in [1.54, 1.807) is 0 Å². The third-order valence-corrected chi connectivity index (χ3v) is 0.216. The van der Waals surface area contributed by atoms with Crippen molar-refractivity contribution in [2.45, 2.75) is 0 Å². The number of rotatable bonds is 2. The molecule has 0 spiro atoms. The van der Waals surface area contributed by atoms with Crippen LogP contribution in [0.5, 0.6) is 0 Å². The minimum atomic E-state index is -0.111. The zero-order valence-corrected chi connectivity index (χ0v) is 2.87. The molecule has 32 valence electrons. The van der Waals surface area contributed by atoms with Crippen LogP contribution in [0.4, 0.5) is 0 Å². The molecule has 0 aromatic heterocycles. The summed E-state index contributed by atoms with van der Waals surface area (Å²) in [5.74, 6) is 0. The van der Waals surface area contributed by atoms with Gasteiger partial charge in [-0.05, 0) is 0 Å². The third kappa shape index (κ3) is 1.28. The van der Waals surface area contributed by atoms with Gasteiger partial charge in [0, 0.05) is 0 Å². The Labute approximate surface area is 33.9 Å². The molecule has 6 heavy (non-hydrogen) atoms. The van der Waals surface area contributed by atoms with Crippen LogP contribution in [0, 0.1) is 0 Å². The highest BCUT2D eigenvalue weighted by Crippen LogP contribution is 1.47. The Morgan fingerprint density at radius 2 is 1.67 bits per heavy atom. The van der Waals surface area contributed by atoms with Gasteiger partial charge in [0.2, 0.25) is 0 Å². The Bertz CT molecular complexity index is 77.5. The number of nitrogens with zero attached hydrogens (tertiary/aromatic N) is 2. The Hall–Kier alpha value is -1.06. The minimum absolute atomic E-state index is 0.00694. The van der Waals surface area contributed by atoms with Crippen molar-refractivity contribution in [3.8, 4) is 0 Å². The van der Waals surface area contributed by atoms with Crippen molar-refractivity contribution in [3.63, 3.8) is 0 Å². The molecule has 0 saturated carbocycles. The standard InChI is InChI=1S/C2H2N2O2/c3-4(1-5)2-6/h1-2H. The fourth-order valence-electron chi connectivity index (χ4n) is 0.0248. The molecule has 0 saturated heterocycles. The van der Waals surface area contributed by atoms with Crippen molar-refractivity contribution in [1.82, 2.24) is 0 Å². The van der Waals surface area contributed by atoms with Gasteiger partial charge in [-0.15, -0.1) is 0 Å². The lowest BCUT2D eigenvalue weighted by Gasteiger charge is -1.73. The van der Waals surface area contributed by atoms with Crippen LogP contribution in [0.15, 0.2) is 0 Å². The van der Waals surface area contributed by atoms with Gasteiger partial charge in [-0.25, -0.2) is 9.59 Å². The molecule has 0 rings (SSSR count). The molecule has 0 aromatic rings. The van der Waals surface area contributed by atoms with Crippen LogP contribution in [-0.4, -0.2) is 17.5 Å². The van der Waals surface area contributed by atoms with E-state index in [-0.39, 0.29) is 17.5 Å². The molecular formula is C2H2N2O2. The van der Waals surface area contributed by atoms with Gasteiger partial charge in [0.15, 0.2) is 0 Å². The van der Waals surface area contributed by atoms with E-state index in [1.807, 2.05) is 0 Å². The van der Waals surface area contributed by atoms with Crippen LogP contribution >= 0.6 is 0 Å². The van der Waals surface area contributed by atoms with Crippen molar-refractivity contribution in [2.75, 3.05) is 0 Å². The average Bonchev–Trinajstić information content (AvgIpc) is 1.65. The molecule has 4 heteroatoms. The molecule has 0 aliphatic rings.